The number of amides is 1. The molecule has 2 bridgehead atoms. The second kappa shape index (κ2) is 9.40. The SMILES string of the molecule is C=CC(=O)OC12c3ccccc3C(OC(=O)C=C)(c3ccccc31)C(C(=O)Nc1ccc(C)cc1)C2C(=O)O. The summed E-state index contributed by atoms with van der Waals surface area (Å²) < 4.78 is 12.1. The molecule has 0 spiro atoms. The van der Waals surface area contributed by atoms with Gasteiger partial charge in [-0.2, -0.15) is 0 Å². The summed E-state index contributed by atoms with van der Waals surface area (Å²) in [4.78, 5) is 53.1. The zero-order valence-corrected chi connectivity index (χ0v) is 21.0. The molecule has 3 aromatic rings. The zero-order valence-electron chi connectivity index (χ0n) is 21.0. The molecule has 39 heavy (non-hydrogen) atoms. The number of fused-ring (bicyclic) bond motifs is 1. The molecule has 196 valence electrons. The maximum absolute atomic E-state index is 14.2. The summed E-state index contributed by atoms with van der Waals surface area (Å²) in [5.74, 6) is -7.11. The second-order valence-electron chi connectivity index (χ2n) is 9.46. The van der Waals surface area contributed by atoms with E-state index in [1.165, 1.54) is 0 Å². The lowest BCUT2D eigenvalue weighted by Crippen LogP contribution is -2.67. The molecule has 0 heterocycles. The molecular formula is C31H25NO7. The van der Waals surface area contributed by atoms with Gasteiger partial charge in [-0.25, -0.2) is 9.59 Å². The van der Waals surface area contributed by atoms with E-state index in [1.54, 1.807) is 72.8 Å². The summed E-state index contributed by atoms with van der Waals surface area (Å²) in [7, 11) is 0. The number of ether oxygens (including phenoxy) is 2. The van der Waals surface area contributed by atoms with Crippen molar-refractivity contribution in [3.05, 3.63) is 126 Å². The highest BCUT2D eigenvalue weighted by molar-refractivity contribution is 6.00. The fourth-order valence-electron chi connectivity index (χ4n) is 5.95. The number of carbonyl (C=O) groups is 4. The van der Waals surface area contributed by atoms with Crippen molar-refractivity contribution < 1.29 is 33.8 Å². The van der Waals surface area contributed by atoms with Crippen LogP contribution in [0.25, 0.3) is 0 Å². The second-order valence-corrected chi connectivity index (χ2v) is 9.46. The summed E-state index contributed by atoms with van der Waals surface area (Å²) >= 11 is 0. The van der Waals surface area contributed by atoms with Gasteiger partial charge in [-0.05, 0) is 19.1 Å². The molecule has 8 heteroatoms. The quantitative estimate of drug-likeness (QED) is 0.352. The largest absolute Gasteiger partial charge is 0.481 e. The van der Waals surface area contributed by atoms with Crippen LogP contribution >= 0.6 is 0 Å². The summed E-state index contributed by atoms with van der Waals surface area (Å²) in [6, 6.07) is 20.1. The van der Waals surface area contributed by atoms with E-state index in [2.05, 4.69) is 18.5 Å². The Morgan fingerprint density at radius 3 is 1.54 bits per heavy atom. The molecule has 0 aliphatic heterocycles. The Balaban J connectivity index is 1.88. The van der Waals surface area contributed by atoms with Gasteiger partial charge in [-0.3, -0.25) is 9.59 Å². The fraction of sp³-hybridized carbons (Fsp3) is 0.161. The van der Waals surface area contributed by atoms with Crippen LogP contribution in [0.4, 0.5) is 5.69 Å². The number of benzene rings is 3. The Bertz CT molecular complexity index is 1490. The number of esters is 2. The first-order chi connectivity index (χ1) is 18.7. The van der Waals surface area contributed by atoms with Crippen LogP contribution in [-0.4, -0.2) is 28.9 Å². The number of aryl methyl sites for hydroxylation is 1. The lowest BCUT2D eigenvalue weighted by atomic mass is 9.49. The number of hydrogen-bond donors (Lipinski definition) is 2. The number of anilines is 1. The van der Waals surface area contributed by atoms with Crippen LogP contribution in [0.2, 0.25) is 0 Å². The van der Waals surface area contributed by atoms with E-state index in [0.717, 1.165) is 17.7 Å². The summed E-state index contributed by atoms with van der Waals surface area (Å²) in [5.41, 5.74) is -1.18. The van der Waals surface area contributed by atoms with Crippen LogP contribution in [0.15, 0.2) is 98.1 Å². The highest BCUT2D eigenvalue weighted by Crippen LogP contribution is 2.65. The molecule has 3 aromatic carbocycles. The number of carbonyl (C=O) groups excluding carboxylic acids is 3. The molecule has 3 aliphatic rings. The number of nitrogens with one attached hydrogen (secondary N) is 1. The van der Waals surface area contributed by atoms with Gasteiger partial charge in [0.15, 0.2) is 11.2 Å². The van der Waals surface area contributed by atoms with Crippen LogP contribution < -0.4 is 5.32 Å². The van der Waals surface area contributed by atoms with E-state index in [0.29, 0.717) is 27.9 Å². The van der Waals surface area contributed by atoms with Gasteiger partial charge in [0.2, 0.25) is 5.91 Å². The highest BCUT2D eigenvalue weighted by atomic mass is 16.6. The van der Waals surface area contributed by atoms with Crippen molar-refractivity contribution in [2.75, 3.05) is 5.32 Å². The van der Waals surface area contributed by atoms with E-state index in [9.17, 15) is 24.3 Å². The molecule has 3 aliphatic carbocycles. The summed E-state index contributed by atoms with van der Waals surface area (Å²) in [6.45, 7) is 8.88. The van der Waals surface area contributed by atoms with Crippen molar-refractivity contribution in [1.82, 2.24) is 0 Å². The van der Waals surface area contributed by atoms with E-state index >= 15 is 0 Å². The third kappa shape index (κ3) is 3.67. The van der Waals surface area contributed by atoms with Gasteiger partial charge in [0.25, 0.3) is 0 Å². The standard InChI is InChI=1S/C31H25NO7/c1-4-24(33)38-30-20-10-6-8-12-22(20)31(39-25(34)5-2,23-13-9-7-11-21(23)30)27(29(36)37)26(30)28(35)32-19-16-14-18(3)15-17-19/h4-17,26-27H,1-2H2,3H3,(H,32,35)(H,36,37). The van der Waals surface area contributed by atoms with Crippen LogP contribution in [0, 0.1) is 18.8 Å². The smallest absolute Gasteiger partial charge is 0.331 e. The number of rotatable bonds is 7. The lowest BCUT2D eigenvalue weighted by molar-refractivity contribution is -0.199. The Hall–Kier alpha value is -4.98. The van der Waals surface area contributed by atoms with Crippen molar-refractivity contribution >= 4 is 29.5 Å². The first-order valence-corrected chi connectivity index (χ1v) is 12.2. The molecule has 0 saturated carbocycles. The minimum Gasteiger partial charge on any atom is -0.481 e. The molecule has 1 amide bonds. The zero-order chi connectivity index (χ0) is 27.9. The predicted molar refractivity (Wildman–Crippen MR) is 141 cm³/mol. The molecule has 2 unspecified atom stereocenters. The van der Waals surface area contributed by atoms with Crippen molar-refractivity contribution in [2.24, 2.45) is 11.8 Å². The first-order valence-electron chi connectivity index (χ1n) is 12.2. The minimum absolute atomic E-state index is 0.294. The molecule has 0 aromatic heterocycles. The predicted octanol–water partition coefficient (Wildman–Crippen LogP) is 4.22. The highest BCUT2D eigenvalue weighted by Gasteiger charge is 2.73. The van der Waals surface area contributed by atoms with Gasteiger partial charge >= 0.3 is 17.9 Å². The number of hydrogen-bond acceptors (Lipinski definition) is 6. The molecular weight excluding hydrogens is 498 g/mol. The van der Waals surface area contributed by atoms with Gasteiger partial charge in [0.1, 0.15) is 11.8 Å². The van der Waals surface area contributed by atoms with Gasteiger partial charge in [0.05, 0.1) is 0 Å². The van der Waals surface area contributed by atoms with E-state index in [1.807, 2.05) is 6.92 Å². The molecule has 8 nitrogen and oxygen atoms in total. The van der Waals surface area contributed by atoms with Crippen LogP contribution in [-0.2, 0) is 39.9 Å². The molecule has 0 saturated heterocycles. The van der Waals surface area contributed by atoms with Gasteiger partial charge in [-0.15, -0.1) is 0 Å². The Morgan fingerprint density at radius 1 is 0.744 bits per heavy atom. The third-order valence-electron chi connectivity index (χ3n) is 7.39. The number of carboxylic acids is 1. The van der Waals surface area contributed by atoms with Gasteiger partial charge < -0.3 is 19.9 Å². The number of carboxylic acid groups (broad SMARTS) is 1. The van der Waals surface area contributed by atoms with Crippen molar-refractivity contribution in [2.45, 2.75) is 18.1 Å². The van der Waals surface area contributed by atoms with E-state index < -0.39 is 46.9 Å². The average molecular weight is 524 g/mol. The molecule has 2 atom stereocenters. The number of aliphatic carboxylic acids is 1. The topological polar surface area (TPSA) is 119 Å². The molecule has 2 N–H and O–H groups in total. The summed E-state index contributed by atoms with van der Waals surface area (Å²) in [6.07, 6.45) is 1.90. The van der Waals surface area contributed by atoms with Crippen LogP contribution in [0.1, 0.15) is 27.8 Å². The van der Waals surface area contributed by atoms with Crippen molar-refractivity contribution in [1.29, 1.82) is 0 Å². The Labute approximate surface area is 224 Å². The molecule has 6 rings (SSSR count). The molecule has 0 fully saturated rings. The van der Waals surface area contributed by atoms with Gasteiger partial charge in [-0.1, -0.05) is 79.4 Å². The monoisotopic (exact) mass is 523 g/mol. The van der Waals surface area contributed by atoms with Crippen LogP contribution in [0.5, 0.6) is 0 Å². The normalized spacial score (nSPS) is 23.9. The van der Waals surface area contributed by atoms with Crippen molar-refractivity contribution in [3.8, 4) is 0 Å². The molecule has 0 radical (unpaired) electrons. The maximum atomic E-state index is 14.2. The lowest BCUT2D eigenvalue weighted by Gasteiger charge is -2.59. The Morgan fingerprint density at radius 2 is 1.15 bits per heavy atom. The minimum atomic E-state index is -1.93. The summed E-state index contributed by atoms with van der Waals surface area (Å²) in [5, 5.41) is 13.5. The van der Waals surface area contributed by atoms with E-state index in [4.69, 9.17) is 9.47 Å². The van der Waals surface area contributed by atoms with E-state index in [-0.39, 0.29) is 0 Å². The average Bonchev–Trinajstić information content (AvgIpc) is 2.94. The van der Waals surface area contributed by atoms with Gasteiger partial charge in [0, 0.05) is 40.1 Å². The van der Waals surface area contributed by atoms with Crippen LogP contribution in [0.3, 0.4) is 0 Å². The third-order valence-corrected chi connectivity index (χ3v) is 7.39. The first kappa shape index (κ1) is 25.7. The van der Waals surface area contributed by atoms with Crippen molar-refractivity contribution in [3.63, 3.8) is 0 Å². The maximum Gasteiger partial charge on any atom is 0.331 e. The Kier molecular flexibility index (Phi) is 6.18. The fourth-order valence-corrected chi connectivity index (χ4v) is 5.95.